The van der Waals surface area contributed by atoms with Crippen LogP contribution in [0.2, 0.25) is 0 Å². The Hall–Kier alpha value is -2.69. The first kappa shape index (κ1) is 17.7. The molecule has 2 aromatic carbocycles. The molecule has 128 valence electrons. The molecular formula is C19H23NO4. The van der Waals surface area contributed by atoms with Crippen LogP contribution in [0.3, 0.4) is 0 Å². The van der Waals surface area contributed by atoms with E-state index in [9.17, 15) is 4.79 Å². The van der Waals surface area contributed by atoms with Crippen LogP contribution in [0.25, 0.3) is 0 Å². The summed E-state index contributed by atoms with van der Waals surface area (Å²) in [5.74, 6) is 2.00. The summed E-state index contributed by atoms with van der Waals surface area (Å²) < 4.78 is 16.0. The van der Waals surface area contributed by atoms with Crippen LogP contribution in [-0.2, 0) is 11.3 Å². The molecule has 1 atom stereocenters. The number of amides is 1. The van der Waals surface area contributed by atoms with E-state index in [1.807, 2.05) is 36.4 Å². The molecule has 0 aliphatic heterocycles. The highest BCUT2D eigenvalue weighted by Crippen LogP contribution is 2.20. The van der Waals surface area contributed by atoms with E-state index in [1.165, 1.54) is 0 Å². The van der Waals surface area contributed by atoms with Gasteiger partial charge in [-0.25, -0.2) is 0 Å². The number of rotatable bonds is 7. The molecule has 5 nitrogen and oxygen atoms in total. The molecule has 0 heterocycles. The standard InChI is InChI=1S/C19H23NO4/c1-14(24-18-7-5-6-17(12-18)23-4)19(21)20(2)13-15-8-10-16(22-3)11-9-15/h5-12,14H,13H2,1-4H3/t14-/m0/s1. The molecule has 0 bridgehead atoms. The fraction of sp³-hybridized carbons (Fsp3) is 0.316. The van der Waals surface area contributed by atoms with E-state index in [2.05, 4.69) is 0 Å². The van der Waals surface area contributed by atoms with Gasteiger partial charge in [-0.15, -0.1) is 0 Å². The molecule has 0 spiro atoms. The van der Waals surface area contributed by atoms with Crippen molar-refractivity contribution in [3.63, 3.8) is 0 Å². The lowest BCUT2D eigenvalue weighted by atomic mass is 10.2. The van der Waals surface area contributed by atoms with Crippen LogP contribution in [0.4, 0.5) is 0 Å². The van der Waals surface area contributed by atoms with Gasteiger partial charge in [-0.2, -0.15) is 0 Å². The average Bonchev–Trinajstić information content (AvgIpc) is 2.61. The maximum absolute atomic E-state index is 12.5. The van der Waals surface area contributed by atoms with E-state index in [0.717, 1.165) is 11.3 Å². The molecule has 2 aromatic rings. The van der Waals surface area contributed by atoms with Gasteiger partial charge < -0.3 is 19.1 Å². The molecule has 0 saturated carbocycles. The molecule has 5 heteroatoms. The smallest absolute Gasteiger partial charge is 0.263 e. The van der Waals surface area contributed by atoms with Crippen LogP contribution in [0.15, 0.2) is 48.5 Å². The van der Waals surface area contributed by atoms with Crippen molar-refractivity contribution in [3.8, 4) is 17.2 Å². The fourth-order valence-corrected chi connectivity index (χ4v) is 2.32. The minimum atomic E-state index is -0.583. The summed E-state index contributed by atoms with van der Waals surface area (Å²) in [6.45, 7) is 2.25. The molecular weight excluding hydrogens is 306 g/mol. The predicted octanol–water partition coefficient (Wildman–Crippen LogP) is 3.13. The van der Waals surface area contributed by atoms with Gasteiger partial charge in [0.2, 0.25) is 0 Å². The number of nitrogens with zero attached hydrogens (tertiary/aromatic N) is 1. The van der Waals surface area contributed by atoms with Crippen molar-refractivity contribution in [2.45, 2.75) is 19.6 Å². The van der Waals surface area contributed by atoms with Gasteiger partial charge in [-0.3, -0.25) is 4.79 Å². The molecule has 0 aliphatic carbocycles. The van der Waals surface area contributed by atoms with Crippen LogP contribution in [-0.4, -0.2) is 38.2 Å². The van der Waals surface area contributed by atoms with Crippen molar-refractivity contribution in [2.24, 2.45) is 0 Å². The zero-order valence-corrected chi connectivity index (χ0v) is 14.5. The zero-order chi connectivity index (χ0) is 17.5. The lowest BCUT2D eigenvalue weighted by Crippen LogP contribution is -2.37. The fourth-order valence-electron chi connectivity index (χ4n) is 2.32. The monoisotopic (exact) mass is 329 g/mol. The van der Waals surface area contributed by atoms with Crippen LogP contribution >= 0.6 is 0 Å². The Morgan fingerprint density at radius 1 is 1.00 bits per heavy atom. The van der Waals surface area contributed by atoms with E-state index in [0.29, 0.717) is 18.0 Å². The molecule has 0 unspecified atom stereocenters. The van der Waals surface area contributed by atoms with Crippen molar-refractivity contribution in [1.29, 1.82) is 0 Å². The van der Waals surface area contributed by atoms with E-state index < -0.39 is 6.10 Å². The first-order chi connectivity index (χ1) is 11.5. The lowest BCUT2D eigenvalue weighted by Gasteiger charge is -2.22. The number of carbonyl (C=O) groups is 1. The molecule has 2 rings (SSSR count). The number of hydrogen-bond donors (Lipinski definition) is 0. The van der Waals surface area contributed by atoms with Gasteiger partial charge in [0.25, 0.3) is 5.91 Å². The minimum Gasteiger partial charge on any atom is -0.497 e. The number of hydrogen-bond acceptors (Lipinski definition) is 4. The van der Waals surface area contributed by atoms with Gasteiger partial charge in [-0.05, 0) is 36.8 Å². The van der Waals surface area contributed by atoms with Crippen molar-refractivity contribution in [3.05, 3.63) is 54.1 Å². The summed E-state index contributed by atoms with van der Waals surface area (Å²) >= 11 is 0. The zero-order valence-electron chi connectivity index (χ0n) is 14.5. The third kappa shape index (κ3) is 4.65. The van der Waals surface area contributed by atoms with Gasteiger partial charge in [0, 0.05) is 19.7 Å². The number of likely N-dealkylation sites (N-methyl/N-ethyl adjacent to an activating group) is 1. The predicted molar refractivity (Wildman–Crippen MR) is 92.6 cm³/mol. The van der Waals surface area contributed by atoms with Gasteiger partial charge >= 0.3 is 0 Å². The summed E-state index contributed by atoms with van der Waals surface area (Å²) in [5.41, 5.74) is 1.03. The Balaban J connectivity index is 1.95. The summed E-state index contributed by atoms with van der Waals surface area (Å²) in [6.07, 6.45) is -0.583. The van der Waals surface area contributed by atoms with Crippen LogP contribution < -0.4 is 14.2 Å². The normalized spacial score (nSPS) is 11.5. The second-order valence-electron chi connectivity index (χ2n) is 5.48. The van der Waals surface area contributed by atoms with Crippen LogP contribution in [0, 0.1) is 0 Å². The van der Waals surface area contributed by atoms with Crippen LogP contribution in [0.5, 0.6) is 17.2 Å². The van der Waals surface area contributed by atoms with Gasteiger partial charge in [-0.1, -0.05) is 18.2 Å². The number of carbonyl (C=O) groups excluding carboxylic acids is 1. The molecule has 0 N–H and O–H groups in total. The second kappa shape index (κ2) is 8.24. The highest BCUT2D eigenvalue weighted by Gasteiger charge is 2.19. The van der Waals surface area contributed by atoms with Gasteiger partial charge in [0.05, 0.1) is 14.2 Å². The first-order valence-electron chi connectivity index (χ1n) is 7.72. The van der Waals surface area contributed by atoms with Crippen molar-refractivity contribution < 1.29 is 19.0 Å². The molecule has 24 heavy (non-hydrogen) atoms. The Morgan fingerprint density at radius 2 is 1.62 bits per heavy atom. The Labute approximate surface area is 142 Å². The maximum Gasteiger partial charge on any atom is 0.263 e. The highest BCUT2D eigenvalue weighted by atomic mass is 16.5. The second-order valence-corrected chi connectivity index (χ2v) is 5.48. The Kier molecular flexibility index (Phi) is 6.07. The van der Waals surface area contributed by atoms with E-state index in [4.69, 9.17) is 14.2 Å². The quantitative estimate of drug-likeness (QED) is 0.783. The molecule has 1 amide bonds. The molecule has 0 fully saturated rings. The van der Waals surface area contributed by atoms with Crippen LogP contribution in [0.1, 0.15) is 12.5 Å². The van der Waals surface area contributed by atoms with Gasteiger partial charge in [0.1, 0.15) is 17.2 Å². The third-order valence-electron chi connectivity index (χ3n) is 3.66. The summed E-state index contributed by atoms with van der Waals surface area (Å²) in [7, 11) is 4.98. The SMILES string of the molecule is COc1ccc(CN(C)C(=O)[C@H](C)Oc2cccc(OC)c2)cc1. The lowest BCUT2D eigenvalue weighted by molar-refractivity contribution is -0.137. The summed E-state index contributed by atoms with van der Waals surface area (Å²) in [5, 5.41) is 0. The molecule has 0 radical (unpaired) electrons. The summed E-state index contributed by atoms with van der Waals surface area (Å²) in [6, 6.07) is 14.9. The molecule has 0 aliphatic rings. The average molecular weight is 329 g/mol. The number of ether oxygens (including phenoxy) is 3. The maximum atomic E-state index is 12.5. The largest absolute Gasteiger partial charge is 0.497 e. The molecule has 0 saturated heterocycles. The highest BCUT2D eigenvalue weighted by molar-refractivity contribution is 5.80. The van der Waals surface area contributed by atoms with Crippen molar-refractivity contribution >= 4 is 5.91 Å². The van der Waals surface area contributed by atoms with Crippen molar-refractivity contribution in [1.82, 2.24) is 4.90 Å². The number of methoxy groups -OCH3 is 2. The third-order valence-corrected chi connectivity index (χ3v) is 3.66. The van der Waals surface area contributed by atoms with Crippen molar-refractivity contribution in [2.75, 3.05) is 21.3 Å². The first-order valence-corrected chi connectivity index (χ1v) is 7.72. The Morgan fingerprint density at radius 3 is 2.25 bits per heavy atom. The number of benzene rings is 2. The van der Waals surface area contributed by atoms with Gasteiger partial charge in [0.15, 0.2) is 6.10 Å². The Bertz CT molecular complexity index is 669. The minimum absolute atomic E-state index is 0.0892. The van der Waals surface area contributed by atoms with E-state index in [1.54, 1.807) is 45.2 Å². The molecule has 0 aromatic heterocycles. The van der Waals surface area contributed by atoms with E-state index in [-0.39, 0.29) is 5.91 Å². The summed E-state index contributed by atoms with van der Waals surface area (Å²) in [4.78, 5) is 14.1. The van der Waals surface area contributed by atoms with E-state index >= 15 is 0 Å². The topological polar surface area (TPSA) is 48.0 Å².